The summed E-state index contributed by atoms with van der Waals surface area (Å²) in [6.45, 7) is 1.97. The molecule has 1 saturated carbocycles. The first-order chi connectivity index (χ1) is 19.1. The molecule has 0 radical (unpaired) electrons. The van der Waals surface area contributed by atoms with E-state index in [1.54, 1.807) is 13.2 Å². The third kappa shape index (κ3) is 4.94. The zero-order chi connectivity index (χ0) is 28.2. The molecule has 7 nitrogen and oxygen atoms in total. The van der Waals surface area contributed by atoms with Gasteiger partial charge >= 0.3 is 6.18 Å². The van der Waals surface area contributed by atoms with E-state index in [4.69, 9.17) is 24.6 Å². The van der Waals surface area contributed by atoms with Crippen LogP contribution in [0.3, 0.4) is 0 Å². The Labute approximate surface area is 227 Å². The van der Waals surface area contributed by atoms with Crippen molar-refractivity contribution in [3.8, 4) is 22.8 Å². The lowest BCUT2D eigenvalue weighted by molar-refractivity contribution is -0.151. The second kappa shape index (κ2) is 9.96. The topological polar surface area (TPSA) is 95.4 Å². The van der Waals surface area contributed by atoms with Gasteiger partial charge in [-0.3, -0.25) is 0 Å². The number of pyridine rings is 1. The van der Waals surface area contributed by atoms with E-state index in [0.717, 1.165) is 18.4 Å². The standard InChI is InChI=1S/C29H28F4N4O3/c1-14(17-9-23(38-2)26-24(10-17)40-28(34)37-26)35-12-20(15-3-4-15)22-11-19-21(29(31,32)33)13-39-27(19)25(36-22)16-5-7-18(30)8-6-16/h5-11,14-15,20-21,35H,3-4,12-13H2,1-2H3,(H2,34,37)/t14?,20-,21?/m0/s1. The normalized spacial score (nSPS) is 18.4. The number of nitrogens with zero attached hydrogens (tertiary/aromatic N) is 2. The number of hydrogen-bond donors (Lipinski definition) is 2. The van der Waals surface area contributed by atoms with Crippen LogP contribution < -0.4 is 20.5 Å². The molecule has 4 aromatic rings. The molecular formula is C29H28F4N4O3. The molecule has 3 N–H and O–H groups in total. The number of nitrogens with two attached hydrogens (primary N) is 1. The Morgan fingerprint density at radius 1 is 1.12 bits per heavy atom. The van der Waals surface area contributed by atoms with Crippen LogP contribution in [0.1, 0.15) is 54.5 Å². The van der Waals surface area contributed by atoms with Crippen molar-refractivity contribution in [2.24, 2.45) is 5.92 Å². The number of benzene rings is 2. The predicted molar refractivity (Wildman–Crippen MR) is 141 cm³/mol. The average molecular weight is 557 g/mol. The van der Waals surface area contributed by atoms with Gasteiger partial charge in [0.1, 0.15) is 35.5 Å². The highest BCUT2D eigenvalue weighted by molar-refractivity contribution is 5.82. The molecule has 1 aliphatic heterocycles. The van der Waals surface area contributed by atoms with Crippen LogP contribution in [0.15, 0.2) is 46.9 Å². The summed E-state index contributed by atoms with van der Waals surface area (Å²) in [7, 11) is 1.54. The van der Waals surface area contributed by atoms with Crippen LogP contribution in [0.2, 0.25) is 0 Å². The lowest BCUT2D eigenvalue weighted by Gasteiger charge is -2.23. The van der Waals surface area contributed by atoms with Crippen molar-refractivity contribution in [2.75, 3.05) is 26.0 Å². The minimum Gasteiger partial charge on any atom is -0.494 e. The molecule has 40 heavy (non-hydrogen) atoms. The maximum absolute atomic E-state index is 14.0. The van der Waals surface area contributed by atoms with Crippen molar-refractivity contribution in [3.05, 3.63) is 65.1 Å². The molecule has 2 unspecified atom stereocenters. The Morgan fingerprint density at radius 3 is 2.55 bits per heavy atom. The summed E-state index contributed by atoms with van der Waals surface area (Å²) in [6, 6.07) is 10.7. The number of ether oxygens (including phenoxy) is 2. The van der Waals surface area contributed by atoms with Gasteiger partial charge in [-0.05, 0) is 73.7 Å². The van der Waals surface area contributed by atoms with Crippen LogP contribution in [-0.2, 0) is 0 Å². The van der Waals surface area contributed by atoms with Gasteiger partial charge in [0, 0.05) is 35.3 Å². The summed E-state index contributed by atoms with van der Waals surface area (Å²) in [5.41, 5.74) is 9.09. The number of alkyl halides is 3. The molecule has 1 aliphatic carbocycles. The molecule has 3 atom stereocenters. The number of nitrogen functional groups attached to an aromatic ring is 1. The third-order valence-electron chi connectivity index (χ3n) is 7.74. The second-order valence-corrected chi connectivity index (χ2v) is 10.4. The van der Waals surface area contributed by atoms with Gasteiger partial charge in [-0.15, -0.1) is 0 Å². The van der Waals surface area contributed by atoms with Crippen LogP contribution in [-0.4, -0.2) is 36.4 Å². The molecular weight excluding hydrogens is 528 g/mol. The molecule has 11 heteroatoms. The zero-order valence-electron chi connectivity index (χ0n) is 21.9. The Bertz CT molecular complexity index is 1550. The van der Waals surface area contributed by atoms with E-state index in [9.17, 15) is 17.6 Å². The largest absolute Gasteiger partial charge is 0.494 e. The van der Waals surface area contributed by atoms with E-state index in [-0.39, 0.29) is 35.2 Å². The Morgan fingerprint density at radius 2 is 1.88 bits per heavy atom. The molecule has 0 spiro atoms. The Balaban J connectivity index is 1.33. The maximum Gasteiger partial charge on any atom is 0.399 e. The van der Waals surface area contributed by atoms with Crippen molar-refractivity contribution >= 4 is 17.1 Å². The van der Waals surface area contributed by atoms with Gasteiger partial charge < -0.3 is 24.9 Å². The fourth-order valence-corrected chi connectivity index (χ4v) is 5.38. The number of hydrogen-bond acceptors (Lipinski definition) is 7. The second-order valence-electron chi connectivity index (χ2n) is 10.4. The van der Waals surface area contributed by atoms with Crippen molar-refractivity contribution in [1.82, 2.24) is 15.3 Å². The lowest BCUT2D eigenvalue weighted by Crippen LogP contribution is -2.27. The Kier molecular flexibility index (Phi) is 6.56. The van der Waals surface area contributed by atoms with E-state index in [2.05, 4.69) is 10.3 Å². The fourth-order valence-electron chi connectivity index (χ4n) is 5.38. The number of halogens is 4. The van der Waals surface area contributed by atoms with E-state index < -0.39 is 24.5 Å². The summed E-state index contributed by atoms with van der Waals surface area (Å²) < 4.78 is 72.0. The first-order valence-corrected chi connectivity index (χ1v) is 13.1. The Hall–Kier alpha value is -3.86. The van der Waals surface area contributed by atoms with Crippen LogP contribution in [0.4, 0.5) is 23.6 Å². The number of aromatic nitrogens is 2. The maximum atomic E-state index is 14.0. The monoisotopic (exact) mass is 556 g/mol. The smallest absolute Gasteiger partial charge is 0.399 e. The third-order valence-corrected chi connectivity index (χ3v) is 7.74. The van der Waals surface area contributed by atoms with Gasteiger partial charge in [0.05, 0.1) is 7.11 Å². The number of nitrogens with one attached hydrogen (secondary N) is 1. The number of oxazole rings is 1. The lowest BCUT2D eigenvalue weighted by atomic mass is 9.92. The van der Waals surface area contributed by atoms with Crippen LogP contribution >= 0.6 is 0 Å². The van der Waals surface area contributed by atoms with Crippen molar-refractivity contribution in [3.63, 3.8) is 0 Å². The highest BCUT2D eigenvalue weighted by atomic mass is 19.4. The number of fused-ring (bicyclic) bond motifs is 2. The van der Waals surface area contributed by atoms with Crippen LogP contribution in [0.25, 0.3) is 22.4 Å². The molecule has 6 rings (SSSR count). The molecule has 0 amide bonds. The van der Waals surface area contributed by atoms with Gasteiger partial charge in [-0.25, -0.2) is 9.37 Å². The zero-order valence-corrected chi connectivity index (χ0v) is 21.9. The molecule has 0 saturated heterocycles. The SMILES string of the molecule is COc1cc(C(C)NC[C@H](c2cc3c(c(-c4ccc(F)cc4)n2)OCC3C(F)(F)F)C2CC2)cc2oc(N)nc12. The van der Waals surface area contributed by atoms with Crippen LogP contribution in [0, 0.1) is 11.7 Å². The molecule has 210 valence electrons. The molecule has 2 aromatic heterocycles. The van der Waals surface area contributed by atoms with E-state index >= 15 is 0 Å². The molecule has 2 aliphatic rings. The average Bonchev–Trinajstić information content (AvgIpc) is 3.53. The van der Waals surface area contributed by atoms with Gasteiger partial charge in [-0.1, -0.05) is 0 Å². The molecule has 1 fully saturated rings. The van der Waals surface area contributed by atoms with E-state index in [1.165, 1.54) is 24.3 Å². The molecule has 3 heterocycles. The van der Waals surface area contributed by atoms with E-state index in [0.29, 0.717) is 40.3 Å². The summed E-state index contributed by atoms with van der Waals surface area (Å²) in [5, 5.41) is 3.53. The number of methoxy groups -OCH3 is 1. The van der Waals surface area contributed by atoms with Gasteiger partial charge in [0.15, 0.2) is 11.1 Å². The summed E-state index contributed by atoms with van der Waals surface area (Å²) >= 11 is 0. The molecule has 0 bridgehead atoms. The first-order valence-electron chi connectivity index (χ1n) is 13.1. The minimum absolute atomic E-state index is 0.0423. The quantitative estimate of drug-likeness (QED) is 0.239. The van der Waals surface area contributed by atoms with Crippen molar-refractivity contribution in [1.29, 1.82) is 0 Å². The van der Waals surface area contributed by atoms with Crippen molar-refractivity contribution in [2.45, 2.75) is 43.8 Å². The fraction of sp³-hybridized carbons (Fsp3) is 0.379. The number of anilines is 1. The highest BCUT2D eigenvalue weighted by Gasteiger charge is 2.47. The van der Waals surface area contributed by atoms with Gasteiger partial charge in [0.25, 0.3) is 6.01 Å². The number of rotatable bonds is 8. The first kappa shape index (κ1) is 26.4. The molecule has 2 aromatic carbocycles. The van der Waals surface area contributed by atoms with Crippen LogP contribution in [0.5, 0.6) is 11.5 Å². The minimum atomic E-state index is -4.46. The predicted octanol–water partition coefficient (Wildman–Crippen LogP) is 6.50. The summed E-state index contributed by atoms with van der Waals surface area (Å²) in [4.78, 5) is 9.00. The summed E-state index contributed by atoms with van der Waals surface area (Å²) in [6.07, 6.45) is -2.54. The summed E-state index contributed by atoms with van der Waals surface area (Å²) in [5.74, 6) is -1.40. The van der Waals surface area contributed by atoms with Gasteiger partial charge in [-0.2, -0.15) is 18.2 Å². The van der Waals surface area contributed by atoms with E-state index in [1.807, 2.05) is 19.1 Å². The van der Waals surface area contributed by atoms with Crippen molar-refractivity contribution < 1.29 is 31.5 Å². The highest BCUT2D eigenvalue weighted by Crippen LogP contribution is 2.50. The van der Waals surface area contributed by atoms with Gasteiger partial charge in [0.2, 0.25) is 0 Å².